The van der Waals surface area contributed by atoms with E-state index in [0.717, 1.165) is 49.6 Å². The van der Waals surface area contributed by atoms with Gasteiger partial charge in [0.05, 0.1) is 0 Å². The molecule has 0 unspecified atom stereocenters. The lowest BCUT2D eigenvalue weighted by Crippen LogP contribution is -2.49. The van der Waals surface area contributed by atoms with Crippen molar-refractivity contribution in [1.29, 1.82) is 0 Å². The highest BCUT2D eigenvalue weighted by atomic mass is 35.5. The van der Waals surface area contributed by atoms with Crippen molar-refractivity contribution in [2.24, 2.45) is 5.92 Å². The maximum Gasteiger partial charge on any atom is 0.246 e. The Morgan fingerprint density at radius 1 is 1.28 bits per heavy atom. The van der Waals surface area contributed by atoms with E-state index in [1.807, 2.05) is 35.3 Å². The second-order valence-electron chi connectivity index (χ2n) is 7.04. The van der Waals surface area contributed by atoms with Crippen molar-refractivity contribution >= 4 is 23.6 Å². The topological polar surface area (TPSA) is 32.8 Å². The molecule has 0 aliphatic carbocycles. The Morgan fingerprint density at radius 2 is 2.04 bits per heavy atom. The van der Waals surface area contributed by atoms with Gasteiger partial charge in [0.2, 0.25) is 5.91 Å². The predicted molar refractivity (Wildman–Crippen MR) is 102 cm³/mol. The summed E-state index contributed by atoms with van der Waals surface area (Å²) in [5.41, 5.74) is 1.93. The Balaban J connectivity index is 1.57. The Bertz CT molecular complexity index is 689. The predicted octanol–water partition coefficient (Wildman–Crippen LogP) is 3.47. The Labute approximate surface area is 154 Å². The average Bonchev–Trinajstić information content (AvgIpc) is 2.59. The second kappa shape index (κ2) is 8.07. The molecule has 0 N–H and O–H groups in total. The van der Waals surface area contributed by atoms with E-state index in [4.69, 9.17) is 16.3 Å². The fraction of sp³-hybridized carbons (Fsp3) is 0.450. The summed E-state index contributed by atoms with van der Waals surface area (Å²) in [5.74, 6) is 1.56. The minimum Gasteiger partial charge on any atom is -0.488 e. The summed E-state index contributed by atoms with van der Waals surface area (Å²) in [6, 6.07) is 5.56. The summed E-state index contributed by atoms with van der Waals surface area (Å²) in [7, 11) is 0. The number of hydrogen-bond acceptors (Lipinski definition) is 3. The van der Waals surface area contributed by atoms with Crippen molar-refractivity contribution in [1.82, 2.24) is 9.80 Å². The number of nitrogens with zero attached hydrogens (tertiary/aromatic N) is 2. The number of amides is 1. The highest BCUT2D eigenvalue weighted by Gasteiger charge is 2.20. The van der Waals surface area contributed by atoms with E-state index >= 15 is 0 Å². The van der Waals surface area contributed by atoms with Crippen LogP contribution in [0.1, 0.15) is 19.4 Å². The third-order valence-electron chi connectivity index (χ3n) is 4.45. The van der Waals surface area contributed by atoms with Crippen LogP contribution in [0, 0.1) is 5.92 Å². The van der Waals surface area contributed by atoms with Gasteiger partial charge in [-0.1, -0.05) is 31.5 Å². The molecule has 0 saturated carbocycles. The molecule has 0 radical (unpaired) electrons. The summed E-state index contributed by atoms with van der Waals surface area (Å²) >= 11 is 6.03. The van der Waals surface area contributed by atoms with Crippen molar-refractivity contribution in [2.45, 2.75) is 13.8 Å². The molecule has 134 valence electrons. The number of benzene rings is 1. The second-order valence-corrected chi connectivity index (χ2v) is 7.48. The van der Waals surface area contributed by atoms with E-state index in [9.17, 15) is 4.79 Å². The summed E-state index contributed by atoms with van der Waals surface area (Å²) in [4.78, 5) is 16.7. The molecule has 1 saturated heterocycles. The Kier molecular flexibility index (Phi) is 5.82. The van der Waals surface area contributed by atoms with Crippen molar-refractivity contribution < 1.29 is 9.53 Å². The number of ether oxygens (including phenoxy) is 1. The van der Waals surface area contributed by atoms with Crippen LogP contribution in [0.2, 0.25) is 5.02 Å². The van der Waals surface area contributed by atoms with E-state index in [2.05, 4.69) is 18.7 Å². The van der Waals surface area contributed by atoms with Gasteiger partial charge in [0, 0.05) is 49.4 Å². The molecule has 1 aromatic carbocycles. The van der Waals surface area contributed by atoms with Crippen molar-refractivity contribution in [3.05, 3.63) is 46.5 Å². The Hall–Kier alpha value is -1.78. The van der Waals surface area contributed by atoms with Crippen LogP contribution in [0.25, 0.3) is 6.08 Å². The van der Waals surface area contributed by atoms with Crippen LogP contribution in [0.4, 0.5) is 0 Å². The fourth-order valence-electron chi connectivity index (χ4n) is 3.21. The third-order valence-corrected chi connectivity index (χ3v) is 4.69. The van der Waals surface area contributed by atoms with Crippen molar-refractivity contribution in [3.63, 3.8) is 0 Å². The van der Waals surface area contributed by atoms with Gasteiger partial charge in [-0.25, -0.2) is 0 Å². The van der Waals surface area contributed by atoms with Crippen molar-refractivity contribution in [3.8, 4) is 5.75 Å². The van der Waals surface area contributed by atoms with Gasteiger partial charge in [0.25, 0.3) is 0 Å². The molecule has 25 heavy (non-hydrogen) atoms. The summed E-state index contributed by atoms with van der Waals surface area (Å²) in [5, 5.41) is 0.680. The first-order valence-corrected chi connectivity index (χ1v) is 9.21. The smallest absolute Gasteiger partial charge is 0.246 e. The van der Waals surface area contributed by atoms with Crippen LogP contribution in [0.5, 0.6) is 5.75 Å². The quantitative estimate of drug-likeness (QED) is 0.771. The largest absolute Gasteiger partial charge is 0.488 e. The first-order valence-electron chi connectivity index (χ1n) is 8.83. The molecule has 3 rings (SSSR count). The number of piperazine rings is 1. The SMILES string of the molecule is CC(C)CN1CCN(C(=O)/C=C/C2=Cc3cc(Cl)ccc3OC2)CC1. The fourth-order valence-corrected chi connectivity index (χ4v) is 3.39. The minimum absolute atomic E-state index is 0.0713. The van der Waals surface area contributed by atoms with Crippen LogP contribution < -0.4 is 4.74 Å². The molecule has 1 aromatic rings. The monoisotopic (exact) mass is 360 g/mol. The molecule has 2 aliphatic rings. The molecule has 5 heteroatoms. The van der Waals surface area contributed by atoms with Gasteiger partial charge in [-0.3, -0.25) is 9.69 Å². The lowest BCUT2D eigenvalue weighted by atomic mass is 10.1. The van der Waals surface area contributed by atoms with Crippen LogP contribution in [0.3, 0.4) is 0 Å². The van der Waals surface area contributed by atoms with Gasteiger partial charge in [-0.15, -0.1) is 0 Å². The summed E-state index contributed by atoms with van der Waals surface area (Å²) in [6.45, 7) is 9.53. The molecule has 1 fully saturated rings. The molecular formula is C20H25ClN2O2. The zero-order valence-corrected chi connectivity index (χ0v) is 15.6. The van der Waals surface area contributed by atoms with Gasteiger partial charge < -0.3 is 9.64 Å². The number of hydrogen-bond donors (Lipinski definition) is 0. The maximum absolute atomic E-state index is 12.4. The van der Waals surface area contributed by atoms with Crippen LogP contribution in [-0.4, -0.2) is 55.0 Å². The average molecular weight is 361 g/mol. The normalized spacial score (nSPS) is 18.2. The number of fused-ring (bicyclic) bond motifs is 1. The molecule has 2 aliphatic heterocycles. The first kappa shape index (κ1) is 18.0. The van der Waals surface area contributed by atoms with Gasteiger partial charge in [-0.2, -0.15) is 0 Å². The molecule has 0 bridgehead atoms. The molecule has 0 spiro atoms. The molecule has 0 atom stereocenters. The van der Waals surface area contributed by atoms with E-state index in [0.29, 0.717) is 17.5 Å². The highest BCUT2D eigenvalue weighted by molar-refractivity contribution is 6.30. The van der Waals surface area contributed by atoms with E-state index < -0.39 is 0 Å². The third kappa shape index (κ3) is 4.86. The number of carbonyl (C=O) groups excluding carboxylic acids is 1. The summed E-state index contributed by atoms with van der Waals surface area (Å²) < 4.78 is 5.71. The van der Waals surface area contributed by atoms with Crippen molar-refractivity contribution in [2.75, 3.05) is 39.3 Å². The minimum atomic E-state index is 0.0713. The number of halogens is 1. The zero-order valence-electron chi connectivity index (χ0n) is 14.9. The van der Waals surface area contributed by atoms with E-state index in [-0.39, 0.29) is 5.91 Å². The van der Waals surface area contributed by atoms with Gasteiger partial charge in [0.1, 0.15) is 12.4 Å². The first-order chi connectivity index (χ1) is 12.0. The Morgan fingerprint density at radius 3 is 2.76 bits per heavy atom. The van der Waals surface area contributed by atoms with Gasteiger partial charge >= 0.3 is 0 Å². The molecular weight excluding hydrogens is 336 g/mol. The number of carbonyl (C=O) groups is 1. The maximum atomic E-state index is 12.4. The van der Waals surface area contributed by atoms with E-state index in [1.54, 1.807) is 6.08 Å². The molecule has 2 heterocycles. The van der Waals surface area contributed by atoms with Gasteiger partial charge in [-0.05, 0) is 35.8 Å². The zero-order chi connectivity index (χ0) is 17.8. The van der Waals surface area contributed by atoms with Gasteiger partial charge in [0.15, 0.2) is 0 Å². The molecule has 1 amide bonds. The van der Waals surface area contributed by atoms with Crippen LogP contribution in [0.15, 0.2) is 35.9 Å². The van der Waals surface area contributed by atoms with E-state index in [1.165, 1.54) is 0 Å². The standard InChI is InChI=1S/C20H25ClN2O2/c1-15(2)13-22-7-9-23(10-8-22)20(24)6-3-16-11-17-12-18(21)4-5-19(17)25-14-16/h3-6,11-12,15H,7-10,13-14H2,1-2H3/b6-3+. The highest BCUT2D eigenvalue weighted by Crippen LogP contribution is 2.29. The van der Waals surface area contributed by atoms with Crippen LogP contribution >= 0.6 is 11.6 Å². The summed E-state index contributed by atoms with van der Waals surface area (Å²) in [6.07, 6.45) is 5.53. The number of rotatable bonds is 4. The lowest BCUT2D eigenvalue weighted by Gasteiger charge is -2.35. The molecule has 0 aromatic heterocycles. The van der Waals surface area contributed by atoms with Crippen LogP contribution in [-0.2, 0) is 4.79 Å². The lowest BCUT2D eigenvalue weighted by molar-refractivity contribution is -0.127. The molecule has 4 nitrogen and oxygen atoms in total.